The number of rotatable bonds is 3. The topological polar surface area (TPSA) is 40.5 Å². The molecule has 1 aromatic rings. The first-order valence-corrected chi connectivity index (χ1v) is 3.87. The van der Waals surface area contributed by atoms with Gasteiger partial charge in [0.2, 0.25) is 0 Å². The lowest BCUT2D eigenvalue weighted by Crippen LogP contribution is -2.00. The van der Waals surface area contributed by atoms with Crippen molar-refractivity contribution in [2.45, 2.75) is 13.0 Å². The molecule has 2 N–H and O–H groups in total. The molecule has 0 unspecified atom stereocenters. The molecule has 0 aliphatic carbocycles. The standard InChI is InChI=1S/C9H10F2O2/c10-8-3-6(1-2-12)7(5-13)4-9(8)11/h3-4,12-13H,1-2,5H2. The van der Waals surface area contributed by atoms with Gasteiger partial charge in [0, 0.05) is 6.61 Å². The summed E-state index contributed by atoms with van der Waals surface area (Å²) in [6.07, 6.45) is 0.215. The molecule has 0 aliphatic rings. The number of aliphatic hydroxyl groups excluding tert-OH is 2. The monoisotopic (exact) mass is 188 g/mol. The number of hydrogen-bond donors (Lipinski definition) is 2. The summed E-state index contributed by atoms with van der Waals surface area (Å²) in [6.45, 7) is -0.509. The van der Waals surface area contributed by atoms with E-state index < -0.39 is 11.6 Å². The van der Waals surface area contributed by atoms with Gasteiger partial charge in [0.05, 0.1) is 6.61 Å². The van der Waals surface area contributed by atoms with Gasteiger partial charge in [-0.05, 0) is 29.7 Å². The summed E-state index contributed by atoms with van der Waals surface area (Å²) in [4.78, 5) is 0. The van der Waals surface area contributed by atoms with Crippen LogP contribution in [0.3, 0.4) is 0 Å². The van der Waals surface area contributed by atoms with Crippen LogP contribution in [0.15, 0.2) is 12.1 Å². The summed E-state index contributed by atoms with van der Waals surface area (Å²) in [5.41, 5.74) is 0.747. The van der Waals surface area contributed by atoms with Crippen molar-refractivity contribution in [2.24, 2.45) is 0 Å². The van der Waals surface area contributed by atoms with E-state index >= 15 is 0 Å². The largest absolute Gasteiger partial charge is 0.396 e. The number of benzene rings is 1. The van der Waals surface area contributed by atoms with Crippen LogP contribution < -0.4 is 0 Å². The lowest BCUT2D eigenvalue weighted by molar-refractivity contribution is 0.274. The zero-order chi connectivity index (χ0) is 9.84. The van der Waals surface area contributed by atoms with Gasteiger partial charge in [-0.15, -0.1) is 0 Å². The molecule has 0 saturated carbocycles. The maximum absolute atomic E-state index is 12.7. The minimum absolute atomic E-state index is 0.155. The molecule has 0 aromatic heterocycles. The van der Waals surface area contributed by atoms with E-state index in [-0.39, 0.29) is 19.6 Å². The zero-order valence-corrected chi connectivity index (χ0v) is 6.93. The minimum Gasteiger partial charge on any atom is -0.396 e. The maximum atomic E-state index is 12.7. The highest BCUT2D eigenvalue weighted by Gasteiger charge is 2.08. The Labute approximate surface area is 74.4 Å². The van der Waals surface area contributed by atoms with Gasteiger partial charge < -0.3 is 10.2 Å². The molecule has 0 atom stereocenters. The number of hydrogen-bond acceptors (Lipinski definition) is 2. The van der Waals surface area contributed by atoms with E-state index in [1.165, 1.54) is 0 Å². The molecule has 0 amide bonds. The minimum atomic E-state index is -0.981. The average molecular weight is 188 g/mol. The van der Waals surface area contributed by atoms with Gasteiger partial charge in [-0.2, -0.15) is 0 Å². The summed E-state index contributed by atoms with van der Waals surface area (Å²) in [5, 5.41) is 17.4. The molecule has 13 heavy (non-hydrogen) atoms. The van der Waals surface area contributed by atoms with Gasteiger partial charge in [0.15, 0.2) is 11.6 Å². The predicted octanol–water partition coefficient (Wildman–Crippen LogP) is 0.992. The Morgan fingerprint density at radius 1 is 1.00 bits per heavy atom. The first-order valence-electron chi connectivity index (χ1n) is 3.87. The highest BCUT2D eigenvalue weighted by Crippen LogP contribution is 2.15. The molecule has 0 spiro atoms. The van der Waals surface area contributed by atoms with Crippen LogP contribution in [0.4, 0.5) is 8.78 Å². The van der Waals surface area contributed by atoms with E-state index in [2.05, 4.69) is 0 Å². The number of aliphatic hydroxyl groups is 2. The van der Waals surface area contributed by atoms with Crippen molar-refractivity contribution < 1.29 is 19.0 Å². The Hall–Kier alpha value is -1.00. The van der Waals surface area contributed by atoms with Gasteiger partial charge in [-0.25, -0.2) is 8.78 Å². The fourth-order valence-corrected chi connectivity index (χ4v) is 1.13. The Morgan fingerprint density at radius 3 is 2.00 bits per heavy atom. The van der Waals surface area contributed by atoms with E-state index in [1.807, 2.05) is 0 Å². The van der Waals surface area contributed by atoms with Crippen molar-refractivity contribution in [3.8, 4) is 0 Å². The molecular formula is C9H10F2O2. The second kappa shape index (κ2) is 4.30. The fourth-order valence-electron chi connectivity index (χ4n) is 1.13. The van der Waals surface area contributed by atoms with E-state index in [4.69, 9.17) is 10.2 Å². The third-order valence-corrected chi connectivity index (χ3v) is 1.79. The molecule has 1 aromatic carbocycles. The molecule has 0 bridgehead atoms. The molecular weight excluding hydrogens is 178 g/mol. The molecule has 0 saturated heterocycles. The average Bonchev–Trinajstić information content (AvgIpc) is 2.11. The smallest absolute Gasteiger partial charge is 0.159 e. The second-order valence-corrected chi connectivity index (χ2v) is 2.67. The fraction of sp³-hybridized carbons (Fsp3) is 0.333. The molecule has 0 fully saturated rings. The molecule has 4 heteroatoms. The van der Waals surface area contributed by atoms with Crippen LogP contribution in [-0.2, 0) is 13.0 Å². The number of halogens is 2. The van der Waals surface area contributed by atoms with Gasteiger partial charge >= 0.3 is 0 Å². The lowest BCUT2D eigenvalue weighted by Gasteiger charge is -2.06. The van der Waals surface area contributed by atoms with Crippen LogP contribution in [0, 0.1) is 11.6 Å². The molecule has 0 heterocycles. The highest BCUT2D eigenvalue weighted by molar-refractivity contribution is 5.28. The maximum Gasteiger partial charge on any atom is 0.159 e. The van der Waals surface area contributed by atoms with Gasteiger partial charge in [-0.1, -0.05) is 0 Å². The van der Waals surface area contributed by atoms with Gasteiger partial charge in [0.1, 0.15) is 0 Å². The molecule has 72 valence electrons. The summed E-state index contributed by atoms with van der Waals surface area (Å²) >= 11 is 0. The van der Waals surface area contributed by atoms with Crippen LogP contribution in [0.1, 0.15) is 11.1 Å². The zero-order valence-electron chi connectivity index (χ0n) is 6.93. The van der Waals surface area contributed by atoms with Crippen LogP contribution in [0.5, 0.6) is 0 Å². The van der Waals surface area contributed by atoms with Crippen molar-refractivity contribution in [3.05, 3.63) is 34.9 Å². The van der Waals surface area contributed by atoms with Crippen LogP contribution in [-0.4, -0.2) is 16.8 Å². The van der Waals surface area contributed by atoms with Crippen molar-refractivity contribution >= 4 is 0 Å². The third kappa shape index (κ3) is 2.23. The summed E-state index contributed by atoms with van der Waals surface area (Å²) < 4.78 is 25.3. The van der Waals surface area contributed by atoms with Crippen molar-refractivity contribution in [1.82, 2.24) is 0 Å². The van der Waals surface area contributed by atoms with Gasteiger partial charge in [0.25, 0.3) is 0 Å². The predicted molar refractivity (Wildman–Crippen MR) is 43.1 cm³/mol. The van der Waals surface area contributed by atoms with Crippen molar-refractivity contribution in [3.63, 3.8) is 0 Å². The second-order valence-electron chi connectivity index (χ2n) is 2.67. The Balaban J connectivity index is 3.09. The van der Waals surface area contributed by atoms with Crippen molar-refractivity contribution in [1.29, 1.82) is 0 Å². The third-order valence-electron chi connectivity index (χ3n) is 1.79. The summed E-state index contributed by atoms with van der Waals surface area (Å²) in [5.74, 6) is -1.94. The molecule has 2 nitrogen and oxygen atoms in total. The first-order chi connectivity index (χ1) is 6.19. The van der Waals surface area contributed by atoms with Crippen LogP contribution >= 0.6 is 0 Å². The van der Waals surface area contributed by atoms with E-state index in [9.17, 15) is 8.78 Å². The lowest BCUT2D eigenvalue weighted by atomic mass is 10.1. The first kappa shape index (κ1) is 10.1. The van der Waals surface area contributed by atoms with E-state index in [1.54, 1.807) is 0 Å². The van der Waals surface area contributed by atoms with Crippen LogP contribution in [0.25, 0.3) is 0 Å². The molecule has 0 radical (unpaired) electrons. The highest BCUT2D eigenvalue weighted by atomic mass is 19.2. The Bertz CT molecular complexity index is 300. The molecule has 0 aliphatic heterocycles. The summed E-state index contributed by atoms with van der Waals surface area (Å²) in [7, 11) is 0. The van der Waals surface area contributed by atoms with Crippen molar-refractivity contribution in [2.75, 3.05) is 6.61 Å². The van der Waals surface area contributed by atoms with Gasteiger partial charge in [-0.3, -0.25) is 0 Å². The quantitative estimate of drug-likeness (QED) is 0.742. The SMILES string of the molecule is OCCc1cc(F)c(F)cc1CO. The summed E-state index contributed by atoms with van der Waals surface area (Å²) in [6, 6.07) is 1.94. The Morgan fingerprint density at radius 2 is 1.54 bits per heavy atom. The normalized spacial score (nSPS) is 10.5. The Kier molecular flexibility index (Phi) is 3.33. The van der Waals surface area contributed by atoms with Crippen LogP contribution in [0.2, 0.25) is 0 Å². The molecule has 1 rings (SSSR count). The van der Waals surface area contributed by atoms with E-state index in [0.717, 1.165) is 12.1 Å². The van der Waals surface area contributed by atoms with E-state index in [0.29, 0.717) is 11.1 Å².